The molecule has 1 saturated carbocycles. The minimum atomic E-state index is 0.397. The Labute approximate surface area is 117 Å². The van der Waals surface area contributed by atoms with Gasteiger partial charge in [-0.1, -0.05) is 31.9 Å². The van der Waals surface area contributed by atoms with Crippen LogP contribution in [0, 0.1) is 5.41 Å². The predicted octanol–water partition coefficient (Wildman–Crippen LogP) is 3.16. The van der Waals surface area contributed by atoms with Crippen molar-refractivity contribution in [2.75, 3.05) is 5.32 Å². The Bertz CT molecular complexity index is 592. The van der Waals surface area contributed by atoms with Crippen LogP contribution in [0.3, 0.4) is 0 Å². The largest absolute Gasteiger partial charge is 0.367 e. The fourth-order valence-electron chi connectivity index (χ4n) is 2.92. The third-order valence-electron chi connectivity index (χ3n) is 3.78. The first-order valence-corrected chi connectivity index (χ1v) is 7.04. The van der Waals surface area contributed by atoms with Crippen molar-refractivity contribution in [2.45, 2.75) is 45.6 Å². The number of hydrogen-bond acceptors (Lipinski definition) is 4. The van der Waals surface area contributed by atoms with E-state index in [1.807, 2.05) is 6.07 Å². The van der Waals surface area contributed by atoms with E-state index in [0.717, 1.165) is 12.2 Å². The minimum Gasteiger partial charge on any atom is -0.367 e. The smallest absolute Gasteiger partial charge is 0.255 e. The van der Waals surface area contributed by atoms with Crippen LogP contribution in [-0.4, -0.2) is 25.6 Å². The monoisotopic (exact) mass is 279 g/mol. The fourth-order valence-corrected chi connectivity index (χ4v) is 3.10. The quantitative estimate of drug-likeness (QED) is 0.858. The lowest BCUT2D eigenvalue weighted by Crippen LogP contribution is -2.32. The van der Waals surface area contributed by atoms with Gasteiger partial charge in [-0.3, -0.25) is 0 Å². The van der Waals surface area contributed by atoms with Gasteiger partial charge in [-0.2, -0.15) is 19.6 Å². The topological polar surface area (TPSA) is 55.1 Å². The molecule has 1 unspecified atom stereocenters. The molecule has 1 fully saturated rings. The molecular formula is C13H18ClN5. The molecule has 1 atom stereocenters. The van der Waals surface area contributed by atoms with Crippen molar-refractivity contribution in [3.63, 3.8) is 0 Å². The molecule has 2 aromatic heterocycles. The van der Waals surface area contributed by atoms with Crippen LogP contribution in [0.4, 0.5) is 5.82 Å². The summed E-state index contributed by atoms with van der Waals surface area (Å²) in [5.41, 5.74) is 0.397. The minimum absolute atomic E-state index is 0.397. The maximum Gasteiger partial charge on any atom is 0.255 e. The predicted molar refractivity (Wildman–Crippen MR) is 75.5 cm³/mol. The molecule has 0 aliphatic heterocycles. The summed E-state index contributed by atoms with van der Waals surface area (Å²) in [6.45, 7) is 4.65. The summed E-state index contributed by atoms with van der Waals surface area (Å²) in [5, 5.41) is 8.17. The molecule has 102 valence electrons. The lowest BCUT2D eigenvalue weighted by molar-refractivity contribution is 0.229. The first-order valence-electron chi connectivity index (χ1n) is 6.66. The van der Waals surface area contributed by atoms with Crippen LogP contribution < -0.4 is 5.32 Å². The number of halogens is 1. The van der Waals surface area contributed by atoms with Crippen LogP contribution in [0.5, 0.6) is 0 Å². The second-order valence-corrected chi connectivity index (χ2v) is 6.43. The van der Waals surface area contributed by atoms with Crippen molar-refractivity contribution >= 4 is 23.2 Å². The fraction of sp³-hybridized carbons (Fsp3) is 0.615. The highest BCUT2D eigenvalue weighted by molar-refractivity contribution is 6.29. The molecule has 0 saturated heterocycles. The summed E-state index contributed by atoms with van der Waals surface area (Å²) in [6, 6.07) is 2.26. The maximum atomic E-state index is 6.02. The van der Waals surface area contributed by atoms with Gasteiger partial charge < -0.3 is 5.32 Å². The average molecular weight is 280 g/mol. The zero-order valence-electron chi connectivity index (χ0n) is 11.2. The van der Waals surface area contributed by atoms with Crippen LogP contribution in [0.25, 0.3) is 5.78 Å². The van der Waals surface area contributed by atoms with Gasteiger partial charge >= 0.3 is 0 Å². The Morgan fingerprint density at radius 1 is 1.47 bits per heavy atom. The second kappa shape index (κ2) is 4.63. The van der Waals surface area contributed by atoms with E-state index in [2.05, 4.69) is 34.2 Å². The molecule has 1 aliphatic carbocycles. The standard InChI is InChI=1S/C13H18ClN5/c1-13(2)5-3-4-9(7-13)17-11-6-10(14)18-12-15-8-16-19(11)12/h6,8-9,17H,3-5,7H2,1-2H3. The van der Waals surface area contributed by atoms with Crippen LogP contribution in [0.15, 0.2) is 12.4 Å². The van der Waals surface area contributed by atoms with Gasteiger partial charge in [0.1, 0.15) is 17.3 Å². The highest BCUT2D eigenvalue weighted by Crippen LogP contribution is 2.36. The number of nitrogens with one attached hydrogen (secondary N) is 1. The van der Waals surface area contributed by atoms with E-state index < -0.39 is 0 Å². The van der Waals surface area contributed by atoms with Gasteiger partial charge in [0, 0.05) is 12.1 Å². The summed E-state index contributed by atoms with van der Waals surface area (Å²) >= 11 is 6.02. The van der Waals surface area contributed by atoms with Gasteiger partial charge in [0.05, 0.1) is 0 Å². The van der Waals surface area contributed by atoms with E-state index in [1.54, 1.807) is 4.52 Å². The lowest BCUT2D eigenvalue weighted by atomic mass is 9.75. The summed E-state index contributed by atoms with van der Waals surface area (Å²) in [6.07, 6.45) is 6.38. The molecule has 5 nitrogen and oxygen atoms in total. The molecule has 1 aliphatic rings. The third-order valence-corrected chi connectivity index (χ3v) is 3.97. The zero-order chi connectivity index (χ0) is 13.5. The van der Waals surface area contributed by atoms with Gasteiger partial charge in [0.2, 0.25) is 0 Å². The van der Waals surface area contributed by atoms with E-state index in [4.69, 9.17) is 11.6 Å². The number of hydrogen-bond donors (Lipinski definition) is 1. The van der Waals surface area contributed by atoms with E-state index in [1.165, 1.54) is 25.6 Å². The van der Waals surface area contributed by atoms with Gasteiger partial charge in [0.25, 0.3) is 5.78 Å². The van der Waals surface area contributed by atoms with Crippen LogP contribution in [-0.2, 0) is 0 Å². The molecule has 6 heteroatoms. The summed E-state index contributed by atoms with van der Waals surface area (Å²) < 4.78 is 1.70. The lowest BCUT2D eigenvalue weighted by Gasteiger charge is -2.35. The number of fused-ring (bicyclic) bond motifs is 1. The highest BCUT2D eigenvalue weighted by Gasteiger charge is 2.28. The molecular weight excluding hydrogens is 262 g/mol. The van der Waals surface area contributed by atoms with E-state index in [9.17, 15) is 0 Å². The van der Waals surface area contributed by atoms with Gasteiger partial charge in [-0.15, -0.1) is 0 Å². The Morgan fingerprint density at radius 3 is 3.11 bits per heavy atom. The summed E-state index contributed by atoms with van der Waals surface area (Å²) in [7, 11) is 0. The molecule has 3 rings (SSSR count). The molecule has 0 spiro atoms. The first kappa shape index (κ1) is 12.7. The zero-order valence-corrected chi connectivity index (χ0v) is 12.0. The molecule has 2 heterocycles. The average Bonchev–Trinajstić information content (AvgIpc) is 2.75. The van der Waals surface area contributed by atoms with Crippen LogP contribution >= 0.6 is 11.6 Å². The Hall–Kier alpha value is -1.36. The van der Waals surface area contributed by atoms with E-state index >= 15 is 0 Å². The number of anilines is 1. The molecule has 19 heavy (non-hydrogen) atoms. The van der Waals surface area contributed by atoms with Gasteiger partial charge in [-0.05, 0) is 24.7 Å². The number of aromatic nitrogens is 4. The van der Waals surface area contributed by atoms with Gasteiger partial charge in [-0.25, -0.2) is 0 Å². The third kappa shape index (κ3) is 2.66. The molecule has 0 aromatic carbocycles. The molecule has 1 N–H and O–H groups in total. The number of rotatable bonds is 2. The highest BCUT2D eigenvalue weighted by atomic mass is 35.5. The second-order valence-electron chi connectivity index (χ2n) is 6.04. The normalized spacial score (nSPS) is 22.6. The van der Waals surface area contributed by atoms with Crippen LogP contribution in [0.2, 0.25) is 5.15 Å². The van der Waals surface area contributed by atoms with Gasteiger partial charge in [0.15, 0.2) is 0 Å². The molecule has 0 amide bonds. The Kier molecular flexibility index (Phi) is 3.09. The van der Waals surface area contributed by atoms with Crippen molar-refractivity contribution in [1.82, 2.24) is 19.6 Å². The van der Waals surface area contributed by atoms with Crippen LogP contribution in [0.1, 0.15) is 39.5 Å². The SMILES string of the molecule is CC1(C)CCCC(Nc2cc(Cl)nc3ncnn23)C1. The molecule has 0 bridgehead atoms. The van der Waals surface area contributed by atoms with Crippen molar-refractivity contribution in [2.24, 2.45) is 5.41 Å². The van der Waals surface area contributed by atoms with E-state index in [-0.39, 0.29) is 0 Å². The Morgan fingerprint density at radius 2 is 2.32 bits per heavy atom. The maximum absolute atomic E-state index is 6.02. The molecule has 0 radical (unpaired) electrons. The first-order chi connectivity index (χ1) is 9.03. The van der Waals surface area contributed by atoms with Crippen molar-refractivity contribution in [1.29, 1.82) is 0 Å². The summed E-state index contributed by atoms with van der Waals surface area (Å²) in [4.78, 5) is 8.21. The van der Waals surface area contributed by atoms with Crippen molar-refractivity contribution < 1.29 is 0 Å². The number of nitrogens with zero attached hydrogens (tertiary/aromatic N) is 4. The van der Waals surface area contributed by atoms with Crippen molar-refractivity contribution in [3.8, 4) is 0 Å². The van der Waals surface area contributed by atoms with Crippen molar-refractivity contribution in [3.05, 3.63) is 17.5 Å². The Balaban J connectivity index is 1.86. The summed E-state index contributed by atoms with van der Waals surface area (Å²) in [5.74, 6) is 1.40. The van der Waals surface area contributed by atoms with E-state index in [0.29, 0.717) is 22.4 Å². The molecule has 2 aromatic rings.